The quantitative estimate of drug-likeness (QED) is 0.303. The second-order valence-corrected chi connectivity index (χ2v) is 10.2. The molecule has 0 amide bonds. The van der Waals surface area contributed by atoms with Gasteiger partial charge in [-0.2, -0.15) is 35.9 Å². The summed E-state index contributed by atoms with van der Waals surface area (Å²) in [5, 5.41) is 0. The Labute approximate surface area is 211 Å². The number of hydrogen-bond donors (Lipinski definition) is 0. The van der Waals surface area contributed by atoms with Gasteiger partial charge in [-0.05, 0) is 6.42 Å². The van der Waals surface area contributed by atoms with Gasteiger partial charge in [-0.15, -0.1) is 5.56 Å². The van der Waals surface area contributed by atoms with Crippen molar-refractivity contribution in [2.24, 2.45) is 17.8 Å². The molecule has 2 aliphatic rings. The van der Waals surface area contributed by atoms with Gasteiger partial charge in [0.2, 0.25) is 0 Å². The summed E-state index contributed by atoms with van der Waals surface area (Å²) in [5.41, 5.74) is 6.78. The molecule has 0 spiro atoms. The summed E-state index contributed by atoms with van der Waals surface area (Å²) in [4.78, 5) is 0. The normalized spacial score (nSPS) is 14.9. The van der Waals surface area contributed by atoms with E-state index >= 15 is 0 Å². The second kappa shape index (κ2) is 14.3. The Bertz CT molecular complexity index is 809. The van der Waals surface area contributed by atoms with Gasteiger partial charge in [-0.3, -0.25) is 6.08 Å². The number of hydrogen-bond acceptors (Lipinski definition) is 0. The summed E-state index contributed by atoms with van der Waals surface area (Å²) in [7, 11) is 0. The first-order chi connectivity index (χ1) is 13.3. The third kappa shape index (κ3) is 8.77. The van der Waals surface area contributed by atoms with Crippen LogP contribution in [0.5, 0.6) is 0 Å². The number of halogens is 2. The minimum Gasteiger partial charge on any atom is -1.00 e. The molecule has 0 bridgehead atoms. The third-order valence-corrected chi connectivity index (χ3v) is 9.10. The van der Waals surface area contributed by atoms with Crippen LogP contribution in [0.1, 0.15) is 52.7 Å². The third-order valence-electron chi connectivity index (χ3n) is 4.95. The first-order valence-electron chi connectivity index (χ1n) is 10.2. The molecule has 0 nitrogen and oxygen atoms in total. The smallest absolute Gasteiger partial charge is 0.0253 e. The fourth-order valence-electron chi connectivity index (χ4n) is 3.41. The second-order valence-electron chi connectivity index (χ2n) is 8.14. The Balaban J connectivity index is 0.000000436. The number of allylic oxidation sites excluding steroid dienone is 4. The molecule has 0 N–H and O–H groups in total. The van der Waals surface area contributed by atoms with Gasteiger partial charge in [0.05, 0.1) is 0 Å². The van der Waals surface area contributed by atoms with Crippen molar-refractivity contribution < 1.29 is 48.7 Å². The van der Waals surface area contributed by atoms with Crippen molar-refractivity contribution in [3.8, 4) is 11.1 Å². The molecule has 2 aliphatic carbocycles. The summed E-state index contributed by atoms with van der Waals surface area (Å²) in [6.07, 6.45) is 8.52. The van der Waals surface area contributed by atoms with E-state index in [1.54, 1.807) is 3.26 Å². The molecule has 3 heteroatoms. The zero-order valence-electron chi connectivity index (χ0n) is 18.9. The maximum atomic E-state index is 3.30. The van der Waals surface area contributed by atoms with Gasteiger partial charge in [0, 0.05) is 0 Å². The molecule has 1 atom stereocenters. The van der Waals surface area contributed by atoms with Gasteiger partial charge in [0.15, 0.2) is 0 Å². The Morgan fingerprint density at radius 2 is 1.57 bits per heavy atom. The van der Waals surface area contributed by atoms with Crippen LogP contribution in [0.4, 0.5) is 0 Å². The van der Waals surface area contributed by atoms with E-state index in [2.05, 4.69) is 102 Å². The van der Waals surface area contributed by atoms with Gasteiger partial charge in [-0.25, -0.2) is 11.6 Å². The van der Waals surface area contributed by atoms with Crippen molar-refractivity contribution in [2.75, 3.05) is 0 Å². The molecule has 4 rings (SSSR count). The Morgan fingerprint density at radius 3 is 2.03 bits per heavy atom. The van der Waals surface area contributed by atoms with Crippen LogP contribution in [0.15, 0.2) is 60.2 Å². The molecular formula is C27H32Cl2Hf-2. The molecule has 2 aromatic carbocycles. The van der Waals surface area contributed by atoms with Crippen LogP contribution in [0.2, 0.25) is 0 Å². The van der Waals surface area contributed by atoms with Crippen LogP contribution in [-0.4, -0.2) is 3.26 Å². The fraction of sp³-hybridized carbons (Fsp3) is 0.370. The van der Waals surface area contributed by atoms with Crippen LogP contribution < -0.4 is 24.8 Å². The number of fused-ring (bicyclic) bond motifs is 3. The summed E-state index contributed by atoms with van der Waals surface area (Å²) in [5.74, 6) is 2.20. The first-order valence-corrected chi connectivity index (χ1v) is 12.0. The Morgan fingerprint density at radius 1 is 0.967 bits per heavy atom. The van der Waals surface area contributed by atoms with Gasteiger partial charge in [0.1, 0.15) is 0 Å². The average molecular weight is 606 g/mol. The van der Waals surface area contributed by atoms with Crippen LogP contribution >= 0.6 is 0 Å². The monoisotopic (exact) mass is 606 g/mol. The van der Waals surface area contributed by atoms with Gasteiger partial charge >= 0.3 is 66.7 Å². The molecule has 0 heterocycles. The SMILES string of the molecule is CC(C)[C](=[Hf+2])C(C)C.CC1=[C-]C(C)C=C1.[Cl-].[Cl-].[c-]1cccc2c1Cc1ccccc1-2. The Kier molecular flexibility index (Phi) is 14.0. The standard InChI is InChI=1S/C13H9.C7H9.C7H14.2ClH.Hf/c1-3-7-12-10(5-1)9-11-6-2-4-8-13(11)12;1-6-3-4-7(2)5-6;1-6(2)5-7(3)4;;;/h1-5,7-8H,9H2;3-4,6H,1-2H3;6-7H,1-4H3;2*1H;/q2*-1;;;;+2/p-2. The van der Waals surface area contributed by atoms with E-state index < -0.39 is 0 Å². The molecule has 0 aromatic heterocycles. The van der Waals surface area contributed by atoms with Crippen LogP contribution in [0.3, 0.4) is 0 Å². The zero-order valence-corrected chi connectivity index (χ0v) is 24.0. The minimum atomic E-state index is 0. The molecule has 2 aromatic rings. The van der Waals surface area contributed by atoms with Crippen molar-refractivity contribution in [1.29, 1.82) is 0 Å². The van der Waals surface area contributed by atoms with Crippen molar-refractivity contribution >= 4 is 3.26 Å². The predicted molar refractivity (Wildman–Crippen MR) is 119 cm³/mol. The summed E-state index contributed by atoms with van der Waals surface area (Å²) in [6, 6.07) is 18.1. The molecule has 0 saturated heterocycles. The minimum absolute atomic E-state index is 0. The molecule has 0 saturated carbocycles. The molecule has 1 unspecified atom stereocenters. The van der Waals surface area contributed by atoms with Crippen molar-refractivity contribution in [1.82, 2.24) is 0 Å². The van der Waals surface area contributed by atoms with E-state index in [1.165, 1.54) is 51.7 Å². The van der Waals surface area contributed by atoms with E-state index in [1.807, 2.05) is 6.07 Å². The molecule has 160 valence electrons. The van der Waals surface area contributed by atoms with Crippen molar-refractivity contribution in [3.63, 3.8) is 0 Å². The maximum absolute atomic E-state index is 3.30. The average Bonchev–Trinajstić information content (AvgIpc) is 3.24. The summed E-state index contributed by atoms with van der Waals surface area (Å²) < 4.78 is 1.74. The molecular weight excluding hydrogens is 574 g/mol. The molecule has 0 aliphatic heterocycles. The molecule has 0 fully saturated rings. The predicted octanol–water partition coefficient (Wildman–Crippen LogP) is 1.03. The zero-order chi connectivity index (χ0) is 20.7. The van der Waals surface area contributed by atoms with Crippen LogP contribution in [0, 0.1) is 29.9 Å². The van der Waals surface area contributed by atoms with E-state index in [0.29, 0.717) is 5.92 Å². The topological polar surface area (TPSA) is 0 Å². The summed E-state index contributed by atoms with van der Waals surface area (Å²) >= 11 is 1.27. The molecule has 30 heavy (non-hydrogen) atoms. The summed E-state index contributed by atoms with van der Waals surface area (Å²) in [6.45, 7) is 13.3. The maximum Gasteiger partial charge on any atom is -0.0253 e. The largest absolute Gasteiger partial charge is 1.00 e. The van der Waals surface area contributed by atoms with E-state index in [9.17, 15) is 0 Å². The van der Waals surface area contributed by atoms with Gasteiger partial charge in [0.25, 0.3) is 0 Å². The van der Waals surface area contributed by atoms with Crippen LogP contribution in [0.25, 0.3) is 11.1 Å². The molecule has 0 radical (unpaired) electrons. The van der Waals surface area contributed by atoms with Crippen LogP contribution in [-0.2, 0) is 30.3 Å². The van der Waals surface area contributed by atoms with Gasteiger partial charge < -0.3 is 24.8 Å². The van der Waals surface area contributed by atoms with Crippen molar-refractivity contribution in [2.45, 2.75) is 48.0 Å². The number of rotatable bonds is 2. The van der Waals surface area contributed by atoms with E-state index in [-0.39, 0.29) is 24.8 Å². The van der Waals surface area contributed by atoms with E-state index in [4.69, 9.17) is 0 Å². The van der Waals surface area contributed by atoms with Crippen molar-refractivity contribution in [3.05, 3.63) is 83.5 Å². The van der Waals surface area contributed by atoms with Gasteiger partial charge in [-0.1, -0.05) is 55.2 Å². The number of benzene rings is 2. The fourth-order valence-corrected chi connectivity index (χ4v) is 3.41. The Hall–Kier alpha value is -0.760. The first kappa shape index (κ1) is 29.2. The van der Waals surface area contributed by atoms with E-state index in [0.717, 1.165) is 18.3 Å².